The third-order valence-electron chi connectivity index (χ3n) is 3.38. The molecule has 0 aliphatic heterocycles. The summed E-state index contributed by atoms with van der Waals surface area (Å²) in [5.74, 6) is 3.38. The van der Waals surface area contributed by atoms with Crippen LogP contribution in [0.2, 0.25) is 0 Å². The Bertz CT molecular complexity index is 631. The molecule has 132 valence electrons. The molecule has 1 rings (SSSR count). The Hall–Kier alpha value is -2.45. The Kier molecular flexibility index (Phi) is 6.87. The van der Waals surface area contributed by atoms with E-state index >= 15 is 0 Å². The second-order valence-electron chi connectivity index (χ2n) is 5.39. The van der Waals surface area contributed by atoms with Gasteiger partial charge in [-0.2, -0.15) is 0 Å². The average molecular weight is 338 g/mol. The molecule has 0 saturated heterocycles. The molecule has 0 heterocycles. The van der Waals surface area contributed by atoms with Gasteiger partial charge in [0.1, 0.15) is 5.54 Å². The number of carbonyl (C=O) groups is 3. The summed E-state index contributed by atoms with van der Waals surface area (Å²) in [4.78, 5) is 34.4. The van der Waals surface area contributed by atoms with Crippen molar-refractivity contribution >= 4 is 17.9 Å². The maximum absolute atomic E-state index is 11.6. The van der Waals surface area contributed by atoms with Crippen LogP contribution in [0.15, 0.2) is 18.2 Å². The molecule has 0 aliphatic rings. The van der Waals surface area contributed by atoms with Crippen molar-refractivity contribution in [2.45, 2.75) is 45.6 Å². The molecular weight excluding hydrogens is 316 g/mol. The minimum atomic E-state index is -1.40. The van der Waals surface area contributed by atoms with Gasteiger partial charge in [0, 0.05) is 19.3 Å². The number of carboxylic acid groups (broad SMARTS) is 1. The number of hydrogen-bond acceptors (Lipinski definition) is 7. The van der Waals surface area contributed by atoms with Gasteiger partial charge >= 0.3 is 17.9 Å². The lowest BCUT2D eigenvalue weighted by Gasteiger charge is -2.24. The number of nitrogens with one attached hydrogen (secondary N) is 1. The van der Waals surface area contributed by atoms with E-state index in [-0.39, 0.29) is 30.8 Å². The number of hydrogen-bond donors (Lipinski definition) is 3. The molecule has 0 bridgehead atoms. The highest BCUT2D eigenvalue weighted by Crippen LogP contribution is 2.30. The summed E-state index contributed by atoms with van der Waals surface area (Å²) < 4.78 is 10.3. The van der Waals surface area contributed by atoms with E-state index in [2.05, 4.69) is 5.43 Å². The molecule has 8 nitrogen and oxygen atoms in total. The summed E-state index contributed by atoms with van der Waals surface area (Å²) >= 11 is 0. The van der Waals surface area contributed by atoms with E-state index in [4.69, 9.17) is 15.3 Å². The van der Waals surface area contributed by atoms with E-state index in [9.17, 15) is 19.5 Å². The van der Waals surface area contributed by atoms with Crippen molar-refractivity contribution < 1.29 is 29.0 Å². The first-order valence-electron chi connectivity index (χ1n) is 7.51. The zero-order chi connectivity index (χ0) is 18.3. The van der Waals surface area contributed by atoms with E-state index < -0.39 is 23.4 Å². The Morgan fingerprint density at radius 3 is 2.12 bits per heavy atom. The summed E-state index contributed by atoms with van der Waals surface area (Å²) in [6.07, 6.45) is 0.344. The number of ether oxygens (including phenoxy) is 2. The number of benzene rings is 1. The number of rotatable bonds is 8. The molecule has 0 amide bonds. The number of hydrazine groups is 1. The van der Waals surface area contributed by atoms with Crippen molar-refractivity contribution in [3.63, 3.8) is 0 Å². The number of nitrogens with two attached hydrogens (primary N) is 1. The fraction of sp³-hybridized carbons (Fsp3) is 0.438. The molecule has 0 saturated carbocycles. The molecule has 0 fully saturated rings. The molecule has 1 aromatic carbocycles. The molecule has 0 aromatic heterocycles. The maximum Gasteiger partial charge on any atom is 0.325 e. The van der Waals surface area contributed by atoms with Crippen LogP contribution < -0.4 is 20.7 Å². The Balaban J connectivity index is 3.16. The van der Waals surface area contributed by atoms with Crippen molar-refractivity contribution in [3.05, 3.63) is 23.8 Å². The van der Waals surface area contributed by atoms with Crippen LogP contribution in [0.3, 0.4) is 0 Å². The lowest BCUT2D eigenvalue weighted by Crippen LogP contribution is -2.54. The normalized spacial score (nSPS) is 13.0. The molecule has 8 heteroatoms. The molecule has 1 aromatic rings. The predicted molar refractivity (Wildman–Crippen MR) is 85.4 cm³/mol. The van der Waals surface area contributed by atoms with Crippen LogP contribution in [0.1, 0.15) is 39.2 Å². The minimum Gasteiger partial charge on any atom is -0.480 e. The van der Waals surface area contributed by atoms with Gasteiger partial charge in [0.05, 0.1) is 0 Å². The van der Waals surface area contributed by atoms with Crippen LogP contribution >= 0.6 is 0 Å². The van der Waals surface area contributed by atoms with E-state index in [0.29, 0.717) is 5.56 Å². The molecule has 4 N–H and O–H groups in total. The summed E-state index contributed by atoms with van der Waals surface area (Å²) in [6.45, 7) is 4.70. The van der Waals surface area contributed by atoms with Crippen molar-refractivity contribution in [1.82, 2.24) is 5.43 Å². The summed E-state index contributed by atoms with van der Waals surface area (Å²) in [6, 6.07) is 4.50. The average Bonchev–Trinajstić information content (AvgIpc) is 2.56. The number of carbonyl (C=O) groups excluding carboxylic acids is 2. The second kappa shape index (κ2) is 8.42. The number of esters is 2. The van der Waals surface area contributed by atoms with E-state index in [0.717, 1.165) is 0 Å². The van der Waals surface area contributed by atoms with Crippen LogP contribution in [0.25, 0.3) is 0 Å². The van der Waals surface area contributed by atoms with Crippen molar-refractivity contribution in [2.75, 3.05) is 0 Å². The van der Waals surface area contributed by atoms with Crippen molar-refractivity contribution in [3.8, 4) is 11.5 Å². The summed E-state index contributed by atoms with van der Waals surface area (Å²) in [5.41, 5.74) is 1.42. The highest BCUT2D eigenvalue weighted by molar-refractivity contribution is 5.79. The molecule has 0 spiro atoms. The van der Waals surface area contributed by atoms with Gasteiger partial charge < -0.3 is 14.6 Å². The van der Waals surface area contributed by atoms with Crippen LogP contribution in [-0.2, 0) is 20.8 Å². The van der Waals surface area contributed by atoms with Crippen molar-refractivity contribution in [2.24, 2.45) is 5.84 Å². The van der Waals surface area contributed by atoms with E-state index in [1.54, 1.807) is 19.9 Å². The fourth-order valence-corrected chi connectivity index (χ4v) is 1.81. The Morgan fingerprint density at radius 1 is 1.12 bits per heavy atom. The first-order chi connectivity index (χ1) is 11.3. The molecule has 0 radical (unpaired) electrons. The highest BCUT2D eigenvalue weighted by atomic mass is 16.6. The SMILES string of the molecule is CCC(=O)Oc1ccc(C[C@](C)(NN)C(=O)O)cc1OC(=O)CC. The second-order valence-corrected chi connectivity index (χ2v) is 5.39. The summed E-state index contributed by atoms with van der Waals surface area (Å²) in [5, 5.41) is 9.25. The molecule has 0 unspecified atom stereocenters. The third-order valence-corrected chi connectivity index (χ3v) is 3.38. The zero-order valence-electron chi connectivity index (χ0n) is 13.9. The summed E-state index contributed by atoms with van der Waals surface area (Å²) in [7, 11) is 0. The third kappa shape index (κ3) is 5.04. The minimum absolute atomic E-state index is 0.0392. The van der Waals surface area contributed by atoms with Gasteiger partial charge in [0.2, 0.25) is 0 Å². The first-order valence-corrected chi connectivity index (χ1v) is 7.51. The quantitative estimate of drug-likeness (QED) is 0.279. The predicted octanol–water partition coefficient (Wildman–Crippen LogP) is 1.17. The molecule has 1 atom stereocenters. The van der Waals surface area contributed by atoms with Crippen LogP contribution in [0.5, 0.6) is 11.5 Å². The van der Waals surface area contributed by atoms with Crippen LogP contribution in [-0.4, -0.2) is 28.6 Å². The first kappa shape index (κ1) is 19.6. The van der Waals surface area contributed by atoms with Gasteiger partial charge in [0.15, 0.2) is 11.5 Å². The Labute approximate surface area is 139 Å². The molecule has 24 heavy (non-hydrogen) atoms. The van der Waals surface area contributed by atoms with E-state index in [1.807, 2.05) is 0 Å². The van der Waals surface area contributed by atoms with Gasteiger partial charge in [-0.15, -0.1) is 0 Å². The zero-order valence-corrected chi connectivity index (χ0v) is 13.9. The van der Waals surface area contributed by atoms with E-state index in [1.165, 1.54) is 19.1 Å². The van der Waals surface area contributed by atoms with Gasteiger partial charge in [-0.3, -0.25) is 20.2 Å². The lowest BCUT2D eigenvalue weighted by atomic mass is 9.93. The van der Waals surface area contributed by atoms with Gasteiger partial charge in [-0.1, -0.05) is 19.9 Å². The molecule has 0 aliphatic carbocycles. The van der Waals surface area contributed by atoms with Gasteiger partial charge in [-0.05, 0) is 24.6 Å². The van der Waals surface area contributed by atoms with Gasteiger partial charge in [0.25, 0.3) is 0 Å². The van der Waals surface area contributed by atoms with Crippen molar-refractivity contribution in [1.29, 1.82) is 0 Å². The number of carboxylic acids is 1. The topological polar surface area (TPSA) is 128 Å². The largest absolute Gasteiger partial charge is 0.480 e. The highest BCUT2D eigenvalue weighted by Gasteiger charge is 2.32. The van der Waals surface area contributed by atoms with Gasteiger partial charge in [-0.25, -0.2) is 5.43 Å². The fourth-order valence-electron chi connectivity index (χ4n) is 1.81. The monoisotopic (exact) mass is 338 g/mol. The maximum atomic E-state index is 11.6. The molecular formula is C16H22N2O6. The number of aliphatic carboxylic acids is 1. The standard InChI is InChI=1S/C16H22N2O6/c1-4-13(19)23-11-7-6-10(8-12(11)24-14(20)5-2)9-16(3,18-17)15(21)22/h6-8,18H,4-5,9,17H2,1-3H3,(H,21,22)/t16-/m0/s1. The van der Waals surface area contributed by atoms with Crippen LogP contribution in [0.4, 0.5) is 0 Å². The van der Waals surface area contributed by atoms with Crippen LogP contribution in [0, 0.1) is 0 Å². The Morgan fingerprint density at radius 2 is 1.67 bits per heavy atom. The smallest absolute Gasteiger partial charge is 0.325 e. The lowest BCUT2D eigenvalue weighted by molar-refractivity contribution is -0.144.